The smallest absolute Gasteiger partial charge is 0.123 e. The molecule has 5 N–H and O–H groups in total. The van der Waals surface area contributed by atoms with Gasteiger partial charge in [-0.3, -0.25) is 0 Å². The summed E-state index contributed by atoms with van der Waals surface area (Å²) in [5.41, 5.74) is 0.678. The first kappa shape index (κ1) is 15.2. The van der Waals surface area contributed by atoms with Gasteiger partial charge in [0.1, 0.15) is 17.5 Å². The van der Waals surface area contributed by atoms with Crippen molar-refractivity contribution in [2.75, 3.05) is 26.2 Å². The monoisotopic (exact) mass is 320 g/mol. The van der Waals surface area contributed by atoms with Crippen LogP contribution in [0.15, 0.2) is 0 Å². The average molecular weight is 321 g/mol. The molecule has 1 saturated carbocycles. The summed E-state index contributed by atoms with van der Waals surface area (Å²) in [6.45, 7) is 5.85. The summed E-state index contributed by atoms with van der Waals surface area (Å²) in [6.07, 6.45) is 15.3. The van der Waals surface area contributed by atoms with E-state index in [2.05, 4.69) is 10.6 Å². The predicted molar refractivity (Wildman–Crippen MR) is 91.2 cm³/mol. The van der Waals surface area contributed by atoms with E-state index in [4.69, 9.17) is 0 Å². The molecule has 0 aromatic heterocycles. The van der Waals surface area contributed by atoms with Crippen molar-refractivity contribution in [3.8, 4) is 0 Å². The van der Waals surface area contributed by atoms with E-state index in [1.807, 2.05) is 4.90 Å². The average Bonchev–Trinajstić information content (AvgIpc) is 2.63. The van der Waals surface area contributed by atoms with Crippen molar-refractivity contribution in [2.24, 2.45) is 17.3 Å². The first-order valence-corrected chi connectivity index (χ1v) is 10.9. The molecule has 0 aromatic carbocycles. The van der Waals surface area contributed by atoms with Crippen molar-refractivity contribution in [1.29, 1.82) is 0 Å². The van der Waals surface area contributed by atoms with Gasteiger partial charge in [0, 0.05) is 18.3 Å². The summed E-state index contributed by atoms with van der Waals surface area (Å²) in [5.74, 6) is 2.13. The predicted octanol–water partition coefficient (Wildman–Crippen LogP) is -0.708. The van der Waals surface area contributed by atoms with Crippen LogP contribution in [0.2, 0.25) is 0 Å². The molecule has 23 heavy (non-hydrogen) atoms. The normalized spacial score (nSPS) is 53.2. The van der Waals surface area contributed by atoms with Crippen LogP contribution in [0.25, 0.3) is 0 Å². The van der Waals surface area contributed by atoms with Gasteiger partial charge in [0.05, 0.1) is 32.2 Å². The van der Waals surface area contributed by atoms with Crippen LogP contribution in [-0.4, -0.2) is 44.3 Å². The van der Waals surface area contributed by atoms with Crippen LogP contribution in [0.5, 0.6) is 0 Å². The van der Waals surface area contributed by atoms with E-state index in [1.54, 1.807) is 25.7 Å². The molecule has 1 unspecified atom stereocenters. The zero-order valence-electron chi connectivity index (χ0n) is 14.9. The van der Waals surface area contributed by atoms with Crippen LogP contribution in [-0.2, 0) is 0 Å². The SMILES string of the molecule is C1CC[C@@H]([C@]23C[C@@H](C[C@H]4CCC[NH2+][C@H]42)[C@@H]2CCCC[NH+]2C3)[NH2+]C1. The van der Waals surface area contributed by atoms with Crippen LogP contribution < -0.4 is 15.5 Å². The van der Waals surface area contributed by atoms with Gasteiger partial charge < -0.3 is 15.5 Å². The van der Waals surface area contributed by atoms with E-state index in [0.29, 0.717) is 5.41 Å². The minimum atomic E-state index is 0.678. The molecule has 130 valence electrons. The number of rotatable bonds is 1. The van der Waals surface area contributed by atoms with Crippen LogP contribution in [0.1, 0.15) is 64.2 Å². The van der Waals surface area contributed by atoms with Gasteiger partial charge in [-0.15, -0.1) is 0 Å². The van der Waals surface area contributed by atoms with E-state index >= 15 is 0 Å². The van der Waals surface area contributed by atoms with Gasteiger partial charge in [0.15, 0.2) is 0 Å². The molecule has 5 fully saturated rings. The Bertz CT molecular complexity index is 431. The van der Waals surface area contributed by atoms with E-state index in [0.717, 1.165) is 30.0 Å². The molecular weight excluding hydrogens is 282 g/mol. The molecule has 5 aliphatic rings. The number of quaternary nitrogens is 3. The molecule has 0 aromatic rings. The minimum absolute atomic E-state index is 0.678. The largest absolute Gasteiger partial charge is 0.343 e. The Morgan fingerprint density at radius 2 is 1.74 bits per heavy atom. The Hall–Kier alpha value is -0.120. The Morgan fingerprint density at radius 3 is 2.65 bits per heavy atom. The molecule has 4 aliphatic heterocycles. The van der Waals surface area contributed by atoms with Crippen molar-refractivity contribution in [2.45, 2.75) is 82.3 Å². The number of hydrogen-bond acceptors (Lipinski definition) is 0. The summed E-state index contributed by atoms with van der Waals surface area (Å²) in [4.78, 5) is 2.05. The standard InChI is InChI=1S/C20H35N3/c1-3-9-21-18(8-1)20-13-16(12-15-6-5-10-22-19(15)20)17-7-2-4-11-23(17)14-20/h15-19,21-22H,1-14H2/p+3/t15-,16-,17+,18+,19-,20-/m1/s1. The molecule has 4 heterocycles. The van der Waals surface area contributed by atoms with Crippen LogP contribution in [0, 0.1) is 17.3 Å². The second kappa shape index (κ2) is 6.00. The zero-order valence-corrected chi connectivity index (χ0v) is 14.9. The Morgan fingerprint density at radius 1 is 0.826 bits per heavy atom. The maximum Gasteiger partial charge on any atom is 0.123 e. The van der Waals surface area contributed by atoms with Crippen LogP contribution >= 0.6 is 0 Å². The molecule has 1 aliphatic carbocycles. The topological polar surface area (TPSA) is 37.7 Å². The molecule has 0 radical (unpaired) electrons. The van der Waals surface area contributed by atoms with Gasteiger partial charge in [-0.1, -0.05) is 0 Å². The lowest BCUT2D eigenvalue weighted by Crippen LogP contribution is -3.22. The number of nitrogens with two attached hydrogens (primary N) is 2. The highest BCUT2D eigenvalue weighted by Gasteiger charge is 2.64. The fourth-order valence-corrected chi connectivity index (χ4v) is 7.93. The first-order valence-electron chi connectivity index (χ1n) is 10.9. The van der Waals surface area contributed by atoms with E-state index in [9.17, 15) is 0 Å². The molecule has 5 rings (SSSR count). The summed E-state index contributed by atoms with van der Waals surface area (Å²) in [6, 6.07) is 2.97. The third-order valence-electron chi connectivity index (χ3n) is 8.69. The lowest BCUT2D eigenvalue weighted by atomic mass is 9.52. The fraction of sp³-hybridized carbons (Fsp3) is 1.00. The minimum Gasteiger partial charge on any atom is -0.343 e. The third-order valence-corrected chi connectivity index (χ3v) is 8.69. The number of fused-ring (bicyclic) bond motifs is 6. The van der Waals surface area contributed by atoms with Crippen molar-refractivity contribution in [1.82, 2.24) is 0 Å². The summed E-state index contributed by atoms with van der Waals surface area (Å²) >= 11 is 0. The summed E-state index contributed by atoms with van der Waals surface area (Å²) < 4.78 is 0. The highest BCUT2D eigenvalue weighted by molar-refractivity contribution is 5.04. The number of piperidine rings is 4. The maximum absolute atomic E-state index is 2.83. The van der Waals surface area contributed by atoms with Crippen molar-refractivity contribution < 1.29 is 15.5 Å². The third kappa shape index (κ3) is 2.41. The van der Waals surface area contributed by atoms with Crippen molar-refractivity contribution in [3.63, 3.8) is 0 Å². The number of hydrogen-bond donors (Lipinski definition) is 3. The van der Waals surface area contributed by atoms with Gasteiger partial charge in [-0.05, 0) is 57.8 Å². The van der Waals surface area contributed by atoms with Gasteiger partial charge in [0.25, 0.3) is 0 Å². The van der Waals surface area contributed by atoms with Crippen LogP contribution in [0.4, 0.5) is 0 Å². The molecule has 0 amide bonds. The van der Waals surface area contributed by atoms with Crippen molar-refractivity contribution in [3.05, 3.63) is 0 Å². The van der Waals surface area contributed by atoms with Crippen LogP contribution in [0.3, 0.4) is 0 Å². The molecule has 0 spiro atoms. The molecule has 2 bridgehead atoms. The van der Waals surface area contributed by atoms with Crippen molar-refractivity contribution >= 4 is 0 Å². The lowest BCUT2D eigenvalue weighted by Gasteiger charge is -2.59. The van der Waals surface area contributed by atoms with E-state index in [1.165, 1.54) is 64.7 Å². The number of nitrogens with one attached hydrogen (secondary N) is 1. The van der Waals surface area contributed by atoms with Gasteiger partial charge in [-0.25, -0.2) is 0 Å². The summed E-state index contributed by atoms with van der Waals surface area (Å²) in [5, 5.41) is 5.63. The second-order valence-electron chi connectivity index (χ2n) is 9.70. The highest BCUT2D eigenvalue weighted by Crippen LogP contribution is 2.49. The van der Waals surface area contributed by atoms with Gasteiger partial charge >= 0.3 is 0 Å². The summed E-state index contributed by atoms with van der Waals surface area (Å²) in [7, 11) is 0. The van der Waals surface area contributed by atoms with Gasteiger partial charge in [-0.2, -0.15) is 0 Å². The van der Waals surface area contributed by atoms with Gasteiger partial charge in [0.2, 0.25) is 0 Å². The highest BCUT2D eigenvalue weighted by atomic mass is 15.2. The fourth-order valence-electron chi connectivity index (χ4n) is 7.93. The quantitative estimate of drug-likeness (QED) is 0.571. The molecule has 3 nitrogen and oxygen atoms in total. The first-order chi connectivity index (χ1) is 11.4. The second-order valence-corrected chi connectivity index (χ2v) is 9.70. The Kier molecular flexibility index (Phi) is 3.95. The van der Waals surface area contributed by atoms with E-state index < -0.39 is 0 Å². The van der Waals surface area contributed by atoms with E-state index in [-0.39, 0.29) is 0 Å². The Balaban J connectivity index is 1.50. The Labute approximate surface area is 142 Å². The maximum atomic E-state index is 2.83. The molecule has 4 saturated heterocycles. The molecular formula is C20H38N3+3. The zero-order chi connectivity index (χ0) is 15.3. The molecule has 7 atom stereocenters. The molecule has 3 heteroatoms. The lowest BCUT2D eigenvalue weighted by molar-refractivity contribution is -0.958.